The molecule has 2 N–H and O–H groups in total. The molecule has 1 aliphatic rings. The fraction of sp³-hybridized carbons (Fsp3) is 0.778. The lowest BCUT2D eigenvalue weighted by atomic mass is 10.0. The lowest BCUT2D eigenvalue weighted by Crippen LogP contribution is -2.56. The average Bonchev–Trinajstić information content (AvgIpc) is 2.19. The molecule has 0 spiro atoms. The van der Waals surface area contributed by atoms with Crippen LogP contribution in [0.3, 0.4) is 0 Å². The molecule has 0 aliphatic carbocycles. The molecule has 1 heterocycles. The van der Waals surface area contributed by atoms with Gasteiger partial charge in [-0.1, -0.05) is 0 Å². The summed E-state index contributed by atoms with van der Waals surface area (Å²) in [4.78, 5) is 23.3. The third kappa shape index (κ3) is 3.58. The van der Waals surface area contributed by atoms with E-state index in [1.807, 2.05) is 4.90 Å². The predicted octanol–water partition coefficient (Wildman–Crippen LogP) is -1.26. The Balaban J connectivity index is 2.46. The lowest BCUT2D eigenvalue weighted by molar-refractivity contribution is -0.156. The number of carbonyl (C=O) groups is 2. The summed E-state index contributed by atoms with van der Waals surface area (Å²) in [6, 6.07) is 0. The first-order valence-electron chi connectivity index (χ1n) is 4.80. The van der Waals surface area contributed by atoms with Crippen LogP contribution in [0.1, 0.15) is 6.92 Å². The first kappa shape index (κ1) is 12.1. The second-order valence-corrected chi connectivity index (χ2v) is 3.81. The van der Waals surface area contributed by atoms with Crippen molar-refractivity contribution in [1.82, 2.24) is 4.90 Å². The minimum Gasteiger partial charge on any atom is -0.394 e. The van der Waals surface area contributed by atoms with Crippen molar-refractivity contribution in [2.24, 2.45) is 5.73 Å². The maximum atomic E-state index is 11.3. The second kappa shape index (κ2) is 5.20. The highest BCUT2D eigenvalue weighted by Crippen LogP contribution is 2.07. The monoisotopic (exact) mass is 216 g/mol. The van der Waals surface area contributed by atoms with E-state index in [-0.39, 0.29) is 6.47 Å². The van der Waals surface area contributed by atoms with Crippen LogP contribution in [-0.2, 0) is 19.1 Å². The van der Waals surface area contributed by atoms with Gasteiger partial charge in [0.25, 0.3) is 0 Å². The van der Waals surface area contributed by atoms with Crippen LogP contribution < -0.4 is 5.73 Å². The zero-order valence-corrected chi connectivity index (χ0v) is 8.77. The molecule has 0 aromatic rings. The SMILES string of the molecule is CC(N)(CN1CCOCC1)C(=O)OC=O. The minimum absolute atomic E-state index is 0.104. The fourth-order valence-electron chi connectivity index (χ4n) is 1.47. The second-order valence-electron chi connectivity index (χ2n) is 3.81. The predicted molar refractivity (Wildman–Crippen MR) is 52.0 cm³/mol. The number of ether oxygens (including phenoxy) is 2. The van der Waals surface area contributed by atoms with Crippen molar-refractivity contribution >= 4 is 12.4 Å². The Bertz CT molecular complexity index is 236. The highest BCUT2D eigenvalue weighted by molar-refractivity contribution is 5.85. The average molecular weight is 216 g/mol. The largest absolute Gasteiger partial charge is 0.394 e. The zero-order valence-electron chi connectivity index (χ0n) is 8.77. The molecular weight excluding hydrogens is 200 g/mol. The Morgan fingerprint density at radius 2 is 2.20 bits per heavy atom. The number of rotatable bonds is 4. The number of hydrogen-bond donors (Lipinski definition) is 1. The smallest absolute Gasteiger partial charge is 0.334 e. The van der Waals surface area contributed by atoms with Crippen molar-refractivity contribution in [3.05, 3.63) is 0 Å². The van der Waals surface area contributed by atoms with Gasteiger partial charge in [-0.3, -0.25) is 9.69 Å². The summed E-state index contributed by atoms with van der Waals surface area (Å²) >= 11 is 0. The molecule has 1 unspecified atom stereocenters. The van der Waals surface area contributed by atoms with Crippen molar-refractivity contribution in [2.45, 2.75) is 12.5 Å². The van der Waals surface area contributed by atoms with E-state index in [2.05, 4.69) is 4.74 Å². The molecule has 86 valence electrons. The van der Waals surface area contributed by atoms with E-state index in [9.17, 15) is 9.59 Å². The minimum atomic E-state index is -1.15. The van der Waals surface area contributed by atoms with Crippen LogP contribution in [0.25, 0.3) is 0 Å². The highest BCUT2D eigenvalue weighted by Gasteiger charge is 2.33. The molecule has 0 aromatic carbocycles. The number of hydrogen-bond acceptors (Lipinski definition) is 6. The summed E-state index contributed by atoms with van der Waals surface area (Å²) in [5.74, 6) is -0.705. The van der Waals surface area contributed by atoms with Crippen molar-refractivity contribution in [3.8, 4) is 0 Å². The van der Waals surface area contributed by atoms with Crippen LogP contribution in [0, 0.1) is 0 Å². The summed E-state index contributed by atoms with van der Waals surface area (Å²) in [5, 5.41) is 0. The van der Waals surface area contributed by atoms with E-state index >= 15 is 0 Å². The standard InChI is InChI=1S/C9H16N2O4/c1-9(10,8(13)15-7-12)6-11-2-4-14-5-3-11/h7H,2-6,10H2,1H3. The molecule has 1 saturated heterocycles. The maximum absolute atomic E-state index is 11.3. The van der Waals surface area contributed by atoms with Gasteiger partial charge in [0.2, 0.25) is 0 Å². The fourth-order valence-corrected chi connectivity index (χ4v) is 1.47. The van der Waals surface area contributed by atoms with Gasteiger partial charge in [0.15, 0.2) is 0 Å². The van der Waals surface area contributed by atoms with Crippen molar-refractivity contribution in [2.75, 3.05) is 32.8 Å². The summed E-state index contributed by atoms with van der Waals surface area (Å²) in [6.45, 7) is 4.77. The number of morpholine rings is 1. The topological polar surface area (TPSA) is 81.9 Å². The third-order valence-electron chi connectivity index (χ3n) is 2.28. The molecule has 0 saturated carbocycles. The molecule has 0 radical (unpaired) electrons. The Morgan fingerprint density at radius 3 is 2.73 bits per heavy atom. The van der Waals surface area contributed by atoms with Gasteiger partial charge in [-0.25, -0.2) is 4.79 Å². The summed E-state index contributed by atoms with van der Waals surface area (Å²) in [6.07, 6.45) is 0. The van der Waals surface area contributed by atoms with Gasteiger partial charge in [0.1, 0.15) is 5.54 Å². The van der Waals surface area contributed by atoms with Crippen molar-refractivity contribution in [1.29, 1.82) is 0 Å². The molecule has 0 aromatic heterocycles. The number of nitrogens with two attached hydrogens (primary N) is 1. The zero-order chi connectivity index (χ0) is 11.3. The van der Waals surface area contributed by atoms with Crippen molar-refractivity contribution < 1.29 is 19.1 Å². The van der Waals surface area contributed by atoms with Crippen molar-refractivity contribution in [3.63, 3.8) is 0 Å². The first-order valence-corrected chi connectivity index (χ1v) is 4.80. The van der Waals surface area contributed by atoms with E-state index in [1.165, 1.54) is 0 Å². The molecule has 6 heteroatoms. The molecule has 6 nitrogen and oxygen atoms in total. The van der Waals surface area contributed by atoms with Crippen LogP contribution in [0.15, 0.2) is 0 Å². The van der Waals surface area contributed by atoms with Gasteiger partial charge < -0.3 is 15.2 Å². The van der Waals surface area contributed by atoms with Crippen LogP contribution in [0.5, 0.6) is 0 Å². The number of nitrogens with zero attached hydrogens (tertiary/aromatic N) is 1. The maximum Gasteiger partial charge on any atom is 0.334 e. The first-order chi connectivity index (χ1) is 7.06. The lowest BCUT2D eigenvalue weighted by Gasteiger charge is -2.32. The molecule has 1 fully saturated rings. The molecular formula is C9H16N2O4. The van der Waals surface area contributed by atoms with Crippen LogP contribution in [0.2, 0.25) is 0 Å². The molecule has 1 rings (SSSR count). The quantitative estimate of drug-likeness (QED) is 0.359. The molecule has 15 heavy (non-hydrogen) atoms. The van der Waals surface area contributed by atoms with E-state index in [1.54, 1.807) is 6.92 Å². The number of esters is 1. The van der Waals surface area contributed by atoms with E-state index in [0.29, 0.717) is 19.8 Å². The highest BCUT2D eigenvalue weighted by atomic mass is 16.6. The van der Waals surface area contributed by atoms with Gasteiger partial charge in [0, 0.05) is 19.6 Å². The van der Waals surface area contributed by atoms with Crippen LogP contribution in [-0.4, -0.2) is 55.7 Å². The van der Waals surface area contributed by atoms with Crippen LogP contribution in [0.4, 0.5) is 0 Å². The van der Waals surface area contributed by atoms with E-state index in [4.69, 9.17) is 10.5 Å². The van der Waals surface area contributed by atoms with Gasteiger partial charge in [-0.15, -0.1) is 0 Å². The van der Waals surface area contributed by atoms with E-state index in [0.717, 1.165) is 13.1 Å². The Kier molecular flexibility index (Phi) is 4.19. The summed E-state index contributed by atoms with van der Waals surface area (Å²) in [7, 11) is 0. The molecule has 0 bridgehead atoms. The van der Waals surface area contributed by atoms with E-state index < -0.39 is 11.5 Å². The van der Waals surface area contributed by atoms with Crippen LogP contribution >= 0.6 is 0 Å². The normalized spacial score (nSPS) is 21.7. The van der Waals surface area contributed by atoms with Gasteiger partial charge in [-0.2, -0.15) is 0 Å². The summed E-state index contributed by atoms with van der Waals surface area (Å²) < 4.78 is 9.41. The number of carbonyl (C=O) groups excluding carboxylic acids is 2. The van der Waals surface area contributed by atoms with Gasteiger partial charge in [0.05, 0.1) is 13.2 Å². The third-order valence-corrected chi connectivity index (χ3v) is 2.28. The molecule has 1 atom stereocenters. The Morgan fingerprint density at radius 1 is 1.60 bits per heavy atom. The summed E-state index contributed by atoms with van der Waals surface area (Å²) in [5.41, 5.74) is 4.61. The molecule has 0 amide bonds. The van der Waals surface area contributed by atoms with Gasteiger partial charge >= 0.3 is 12.4 Å². The Hall–Kier alpha value is -0.980. The molecule has 1 aliphatic heterocycles. The van der Waals surface area contributed by atoms with Gasteiger partial charge in [-0.05, 0) is 6.92 Å². The Labute approximate surface area is 88.3 Å².